The van der Waals surface area contributed by atoms with Gasteiger partial charge in [0.15, 0.2) is 5.82 Å². The van der Waals surface area contributed by atoms with E-state index in [9.17, 15) is 9.59 Å². The van der Waals surface area contributed by atoms with Crippen molar-refractivity contribution in [3.63, 3.8) is 0 Å². The first kappa shape index (κ1) is 24.8. The van der Waals surface area contributed by atoms with Crippen LogP contribution in [0.4, 0.5) is 5.69 Å². The quantitative estimate of drug-likeness (QED) is 0.255. The van der Waals surface area contributed by atoms with E-state index >= 15 is 0 Å². The Labute approximate surface area is 235 Å². The number of carbonyl (C=O) groups excluding carboxylic acids is 1. The Morgan fingerprint density at radius 1 is 1.05 bits per heavy atom. The first-order chi connectivity index (χ1) is 18.4. The van der Waals surface area contributed by atoms with Crippen LogP contribution >= 0.6 is 38.9 Å². The van der Waals surface area contributed by atoms with E-state index in [1.54, 1.807) is 11.0 Å². The highest BCUT2D eigenvalue weighted by Crippen LogP contribution is 2.38. The highest BCUT2D eigenvalue weighted by atomic mass is 79.9. The molecule has 1 aliphatic heterocycles. The molecule has 0 unspecified atom stereocenters. The van der Waals surface area contributed by atoms with Gasteiger partial charge in [0.05, 0.1) is 24.4 Å². The molecule has 0 aliphatic carbocycles. The minimum Gasteiger partial charge on any atom is -0.494 e. The number of anilines is 1. The van der Waals surface area contributed by atoms with Gasteiger partial charge in [0.25, 0.3) is 11.5 Å². The molecule has 1 amide bonds. The summed E-state index contributed by atoms with van der Waals surface area (Å²) in [4.78, 5) is 34.0. The van der Waals surface area contributed by atoms with Crippen molar-refractivity contribution in [3.05, 3.63) is 102 Å². The van der Waals surface area contributed by atoms with Gasteiger partial charge in [0.2, 0.25) is 4.96 Å². The Morgan fingerprint density at radius 3 is 2.58 bits per heavy atom. The van der Waals surface area contributed by atoms with Crippen molar-refractivity contribution in [1.29, 1.82) is 0 Å². The molecule has 0 bridgehead atoms. The number of hydrogen-bond donors (Lipinski definition) is 0. The number of thiazole rings is 1. The summed E-state index contributed by atoms with van der Waals surface area (Å²) in [5.74, 6) is 0.946. The number of ether oxygens (including phenoxy) is 1. The molecule has 0 N–H and O–H groups in total. The van der Waals surface area contributed by atoms with Gasteiger partial charge < -0.3 is 9.64 Å². The summed E-state index contributed by atoms with van der Waals surface area (Å²) in [7, 11) is 0. The molecule has 1 aliphatic rings. The topological polar surface area (TPSA) is 76.8 Å². The van der Waals surface area contributed by atoms with Crippen LogP contribution in [0.15, 0.2) is 76.0 Å². The summed E-state index contributed by atoms with van der Waals surface area (Å²) in [5, 5.41) is 5.04. The van der Waals surface area contributed by atoms with Crippen molar-refractivity contribution in [2.75, 3.05) is 11.5 Å². The SMILES string of the molecule is CCCOc1ccc(-c2nc3sc(=C4C(=O)N(Cc5ccccc5Cl)c5ccc(Br)cc54)c(=O)n3n2)cc1. The lowest BCUT2D eigenvalue weighted by molar-refractivity contribution is -0.113. The van der Waals surface area contributed by atoms with Crippen molar-refractivity contribution in [3.8, 4) is 17.1 Å². The predicted molar refractivity (Wildman–Crippen MR) is 153 cm³/mol. The fraction of sp³-hybridized carbons (Fsp3) is 0.143. The van der Waals surface area contributed by atoms with Crippen LogP contribution in [0.2, 0.25) is 5.02 Å². The zero-order chi connectivity index (χ0) is 26.4. The third-order valence-corrected chi connectivity index (χ3v) is 8.13. The molecular formula is C28H20BrClN4O3S. The van der Waals surface area contributed by atoms with Gasteiger partial charge >= 0.3 is 0 Å². The third kappa shape index (κ3) is 4.30. The Morgan fingerprint density at radius 2 is 1.84 bits per heavy atom. The van der Waals surface area contributed by atoms with Crippen LogP contribution in [0.1, 0.15) is 24.5 Å². The van der Waals surface area contributed by atoms with Crippen LogP contribution in [0.25, 0.3) is 21.9 Å². The number of nitrogens with zero attached hydrogens (tertiary/aromatic N) is 4. The molecule has 2 aromatic heterocycles. The minimum atomic E-state index is -0.375. The highest BCUT2D eigenvalue weighted by molar-refractivity contribution is 9.10. The average Bonchev–Trinajstić information content (AvgIpc) is 3.55. The van der Waals surface area contributed by atoms with E-state index in [1.165, 1.54) is 4.52 Å². The normalized spacial score (nSPS) is 14.4. The van der Waals surface area contributed by atoms with Crippen molar-refractivity contribution in [2.24, 2.45) is 0 Å². The lowest BCUT2D eigenvalue weighted by atomic mass is 10.1. The van der Waals surface area contributed by atoms with Crippen molar-refractivity contribution >= 4 is 61.0 Å². The number of carbonyl (C=O) groups is 1. The smallest absolute Gasteiger partial charge is 0.291 e. The molecule has 38 heavy (non-hydrogen) atoms. The molecule has 5 aromatic rings. The van der Waals surface area contributed by atoms with Gasteiger partial charge in [-0.1, -0.05) is 64.0 Å². The van der Waals surface area contributed by atoms with Gasteiger partial charge in [-0.2, -0.15) is 9.50 Å². The fourth-order valence-electron chi connectivity index (χ4n) is 4.40. The number of benzene rings is 3. The van der Waals surface area contributed by atoms with E-state index in [2.05, 4.69) is 32.9 Å². The minimum absolute atomic E-state index is 0.262. The molecule has 0 radical (unpaired) electrons. The molecule has 3 aromatic carbocycles. The summed E-state index contributed by atoms with van der Waals surface area (Å²) in [6.45, 7) is 2.98. The number of aromatic nitrogens is 3. The molecule has 10 heteroatoms. The molecule has 0 fully saturated rings. The molecule has 6 rings (SSSR count). The second kappa shape index (κ2) is 9.98. The molecule has 3 heterocycles. The fourth-order valence-corrected chi connectivity index (χ4v) is 5.96. The van der Waals surface area contributed by atoms with Crippen molar-refractivity contribution in [1.82, 2.24) is 14.6 Å². The first-order valence-electron chi connectivity index (χ1n) is 12.0. The lowest BCUT2D eigenvalue weighted by Gasteiger charge is -2.18. The van der Waals surface area contributed by atoms with Gasteiger partial charge in [-0.05, 0) is 60.5 Å². The lowest BCUT2D eigenvalue weighted by Crippen LogP contribution is -2.32. The molecule has 7 nitrogen and oxygen atoms in total. The zero-order valence-corrected chi connectivity index (χ0v) is 23.3. The summed E-state index contributed by atoms with van der Waals surface area (Å²) < 4.78 is 8.02. The van der Waals surface area contributed by atoms with Crippen LogP contribution in [0.3, 0.4) is 0 Å². The summed E-state index contributed by atoms with van der Waals surface area (Å²) >= 11 is 11.1. The van der Waals surface area contributed by atoms with Gasteiger partial charge in [0.1, 0.15) is 10.3 Å². The molecule has 0 saturated heterocycles. The van der Waals surface area contributed by atoms with E-state index in [4.69, 9.17) is 16.3 Å². The predicted octanol–water partition coefficient (Wildman–Crippen LogP) is 5.49. The van der Waals surface area contributed by atoms with E-state index in [0.29, 0.717) is 38.1 Å². The van der Waals surface area contributed by atoms with Crippen molar-refractivity contribution in [2.45, 2.75) is 19.9 Å². The van der Waals surface area contributed by atoms with Gasteiger partial charge in [-0.25, -0.2) is 0 Å². The van der Waals surface area contributed by atoms with E-state index in [0.717, 1.165) is 44.8 Å². The number of halogens is 2. The van der Waals surface area contributed by atoms with Crippen LogP contribution < -0.4 is 19.7 Å². The van der Waals surface area contributed by atoms with Crippen LogP contribution in [0, 0.1) is 0 Å². The molecule has 0 atom stereocenters. The Bertz CT molecular complexity index is 1820. The molecule has 0 spiro atoms. The summed E-state index contributed by atoms with van der Waals surface area (Å²) in [6.07, 6.45) is 0.927. The summed E-state index contributed by atoms with van der Waals surface area (Å²) in [5.41, 5.74) is 2.96. The summed E-state index contributed by atoms with van der Waals surface area (Å²) in [6, 6.07) is 20.5. The monoisotopic (exact) mass is 606 g/mol. The maximum absolute atomic E-state index is 13.8. The Kier molecular flexibility index (Phi) is 6.51. The van der Waals surface area contributed by atoms with Crippen molar-refractivity contribution < 1.29 is 9.53 Å². The first-order valence-corrected chi connectivity index (χ1v) is 14.0. The van der Waals surface area contributed by atoms with E-state index in [-0.39, 0.29) is 18.0 Å². The Balaban J connectivity index is 1.43. The maximum Gasteiger partial charge on any atom is 0.291 e. The standard InChI is InChI=1S/C28H20BrClN4O3S/c1-2-13-37-19-10-7-16(8-11-19)25-31-28-34(32-25)27(36)24(38-28)23-20-14-18(29)9-12-22(20)33(26(23)35)15-17-5-3-4-6-21(17)30/h3-12,14H,2,13,15H2,1H3. The molecule has 190 valence electrons. The van der Waals surface area contributed by atoms with Gasteiger partial charge in [0, 0.05) is 20.6 Å². The highest BCUT2D eigenvalue weighted by Gasteiger charge is 2.35. The number of amides is 1. The van der Waals surface area contributed by atoms with E-state index < -0.39 is 0 Å². The van der Waals surface area contributed by atoms with E-state index in [1.807, 2.05) is 60.7 Å². The number of hydrogen-bond acceptors (Lipinski definition) is 6. The van der Waals surface area contributed by atoms with Crippen LogP contribution in [-0.4, -0.2) is 27.1 Å². The second-order valence-corrected chi connectivity index (χ2v) is 11.1. The Hall–Kier alpha value is -3.53. The zero-order valence-electron chi connectivity index (χ0n) is 20.1. The maximum atomic E-state index is 13.8. The molecule has 0 saturated carbocycles. The average molecular weight is 608 g/mol. The molecular weight excluding hydrogens is 588 g/mol. The van der Waals surface area contributed by atoms with Crippen LogP contribution in [-0.2, 0) is 11.3 Å². The van der Waals surface area contributed by atoms with Gasteiger partial charge in [-0.3, -0.25) is 9.59 Å². The second-order valence-electron chi connectivity index (χ2n) is 8.76. The van der Waals surface area contributed by atoms with Gasteiger partial charge in [-0.15, -0.1) is 5.10 Å². The largest absolute Gasteiger partial charge is 0.494 e. The number of fused-ring (bicyclic) bond motifs is 2. The number of rotatable bonds is 6. The third-order valence-electron chi connectivity index (χ3n) is 6.23. The van der Waals surface area contributed by atoms with Crippen LogP contribution in [0.5, 0.6) is 5.75 Å².